The van der Waals surface area contributed by atoms with E-state index in [0.717, 1.165) is 6.42 Å². The molecule has 0 aliphatic rings. The first-order chi connectivity index (χ1) is 7.75. The van der Waals surface area contributed by atoms with Crippen molar-refractivity contribution in [2.24, 2.45) is 0 Å². The van der Waals surface area contributed by atoms with Crippen LogP contribution in [-0.2, 0) is 6.42 Å². The summed E-state index contributed by atoms with van der Waals surface area (Å²) in [5, 5.41) is 2.69. The molecule has 2 nitrogen and oxygen atoms in total. The van der Waals surface area contributed by atoms with E-state index in [1.165, 1.54) is 4.88 Å². The Hall–Kier alpha value is -1.19. The Bertz CT molecular complexity index is 456. The number of halogens is 1. The van der Waals surface area contributed by atoms with Crippen molar-refractivity contribution in [2.45, 2.75) is 6.42 Å². The van der Waals surface area contributed by atoms with E-state index in [4.69, 9.17) is 22.1 Å². The van der Waals surface area contributed by atoms with Crippen LogP contribution in [-0.4, -0.2) is 6.61 Å². The molecule has 84 valence electrons. The summed E-state index contributed by atoms with van der Waals surface area (Å²) in [6, 6.07) is 9.41. The minimum absolute atomic E-state index is 0.582. The first-order valence-electron chi connectivity index (χ1n) is 4.96. The lowest BCUT2D eigenvalue weighted by Crippen LogP contribution is -2.02. The van der Waals surface area contributed by atoms with Gasteiger partial charge in [0.15, 0.2) is 0 Å². The predicted molar refractivity (Wildman–Crippen MR) is 69.4 cm³/mol. The maximum absolute atomic E-state index is 5.80. The molecule has 2 N–H and O–H groups in total. The Morgan fingerprint density at radius 3 is 2.88 bits per heavy atom. The van der Waals surface area contributed by atoms with Crippen molar-refractivity contribution in [1.82, 2.24) is 0 Å². The molecule has 0 fully saturated rings. The van der Waals surface area contributed by atoms with Gasteiger partial charge in [0.1, 0.15) is 5.75 Å². The largest absolute Gasteiger partial charge is 0.491 e. The van der Waals surface area contributed by atoms with E-state index < -0.39 is 0 Å². The van der Waals surface area contributed by atoms with Crippen molar-refractivity contribution in [3.63, 3.8) is 0 Å². The minimum Gasteiger partial charge on any atom is -0.491 e. The molecule has 2 rings (SSSR count). The van der Waals surface area contributed by atoms with Crippen LogP contribution in [0.4, 0.5) is 5.69 Å². The summed E-state index contributed by atoms with van der Waals surface area (Å²) < 4.78 is 5.59. The van der Waals surface area contributed by atoms with Crippen molar-refractivity contribution in [1.29, 1.82) is 0 Å². The molecular formula is C12H12ClNOS. The summed E-state index contributed by atoms with van der Waals surface area (Å²) in [7, 11) is 0. The first kappa shape index (κ1) is 11.3. The van der Waals surface area contributed by atoms with Gasteiger partial charge in [0, 0.05) is 16.3 Å². The third-order valence-electron chi connectivity index (χ3n) is 2.16. The molecule has 0 spiro atoms. The molecule has 0 atom stereocenters. The topological polar surface area (TPSA) is 35.2 Å². The smallest absolute Gasteiger partial charge is 0.142 e. The van der Waals surface area contributed by atoms with E-state index in [-0.39, 0.29) is 0 Å². The molecule has 0 saturated heterocycles. The van der Waals surface area contributed by atoms with Crippen LogP contribution in [0.1, 0.15) is 4.88 Å². The van der Waals surface area contributed by atoms with Crippen LogP contribution in [0.3, 0.4) is 0 Å². The Morgan fingerprint density at radius 2 is 2.19 bits per heavy atom. The van der Waals surface area contributed by atoms with Crippen molar-refractivity contribution in [3.05, 3.63) is 45.6 Å². The molecule has 4 heteroatoms. The number of nitrogen functional groups attached to an aromatic ring is 1. The minimum atomic E-state index is 0.582. The van der Waals surface area contributed by atoms with Gasteiger partial charge in [-0.15, -0.1) is 11.3 Å². The Kier molecular flexibility index (Phi) is 3.70. The molecule has 0 saturated carbocycles. The summed E-state index contributed by atoms with van der Waals surface area (Å²) in [4.78, 5) is 1.31. The van der Waals surface area contributed by atoms with Crippen molar-refractivity contribution < 1.29 is 4.74 Å². The summed E-state index contributed by atoms with van der Waals surface area (Å²) in [6.07, 6.45) is 0.903. The van der Waals surface area contributed by atoms with Crippen molar-refractivity contribution in [2.75, 3.05) is 12.3 Å². The molecular weight excluding hydrogens is 242 g/mol. The van der Waals surface area contributed by atoms with Crippen LogP contribution < -0.4 is 10.5 Å². The summed E-state index contributed by atoms with van der Waals surface area (Å²) in [6.45, 7) is 0.631. The summed E-state index contributed by atoms with van der Waals surface area (Å²) in [5.41, 5.74) is 6.36. The monoisotopic (exact) mass is 253 g/mol. The van der Waals surface area contributed by atoms with Gasteiger partial charge < -0.3 is 10.5 Å². The fourth-order valence-electron chi connectivity index (χ4n) is 1.37. The van der Waals surface area contributed by atoms with Crippen molar-refractivity contribution in [3.8, 4) is 5.75 Å². The molecule has 2 aromatic rings. The van der Waals surface area contributed by atoms with Gasteiger partial charge in [-0.1, -0.05) is 17.7 Å². The Balaban J connectivity index is 1.90. The summed E-state index contributed by atoms with van der Waals surface area (Å²) >= 11 is 7.53. The second-order valence-corrected chi connectivity index (χ2v) is 4.83. The second kappa shape index (κ2) is 5.23. The lowest BCUT2D eigenvalue weighted by atomic mass is 10.3. The van der Waals surface area contributed by atoms with Gasteiger partial charge in [0.05, 0.1) is 12.3 Å². The number of rotatable bonds is 4. The van der Waals surface area contributed by atoms with Gasteiger partial charge in [0.2, 0.25) is 0 Å². The number of anilines is 1. The first-order valence-corrected chi connectivity index (χ1v) is 6.21. The second-order valence-electron chi connectivity index (χ2n) is 3.36. The number of benzene rings is 1. The molecule has 0 bridgehead atoms. The van der Waals surface area contributed by atoms with Crippen LogP contribution in [0, 0.1) is 0 Å². The number of ether oxygens (including phenoxy) is 1. The number of hydrogen-bond donors (Lipinski definition) is 1. The third kappa shape index (κ3) is 2.90. The number of thiophene rings is 1. The Labute approximate surface area is 104 Å². The van der Waals surface area contributed by atoms with E-state index >= 15 is 0 Å². The van der Waals surface area contributed by atoms with Crippen LogP contribution >= 0.6 is 22.9 Å². The summed E-state index contributed by atoms with van der Waals surface area (Å²) in [5.74, 6) is 0.695. The molecule has 0 aliphatic carbocycles. The molecule has 1 aromatic heterocycles. The highest BCUT2D eigenvalue weighted by atomic mass is 35.5. The normalized spacial score (nSPS) is 10.3. The van der Waals surface area contributed by atoms with Crippen LogP contribution in [0.25, 0.3) is 0 Å². The van der Waals surface area contributed by atoms with Crippen LogP contribution in [0.2, 0.25) is 5.02 Å². The van der Waals surface area contributed by atoms with E-state index in [9.17, 15) is 0 Å². The SMILES string of the molecule is Nc1cc(Cl)ccc1OCCc1cccs1. The fraction of sp³-hybridized carbons (Fsp3) is 0.167. The number of hydrogen-bond acceptors (Lipinski definition) is 3. The zero-order valence-electron chi connectivity index (χ0n) is 8.65. The average molecular weight is 254 g/mol. The van der Waals surface area contributed by atoms with E-state index in [1.54, 1.807) is 29.5 Å². The van der Waals surface area contributed by atoms with Gasteiger partial charge in [0.25, 0.3) is 0 Å². The molecule has 1 aromatic carbocycles. The fourth-order valence-corrected chi connectivity index (χ4v) is 2.24. The quantitative estimate of drug-likeness (QED) is 0.845. The molecule has 0 amide bonds. The molecule has 1 heterocycles. The predicted octanol–water partition coefficient (Wildman–Crippen LogP) is 3.61. The molecule has 16 heavy (non-hydrogen) atoms. The van der Waals surface area contributed by atoms with Gasteiger partial charge in [-0.3, -0.25) is 0 Å². The molecule has 0 radical (unpaired) electrons. The maximum atomic E-state index is 5.80. The lowest BCUT2D eigenvalue weighted by Gasteiger charge is -2.08. The zero-order chi connectivity index (χ0) is 11.4. The van der Waals surface area contributed by atoms with E-state index in [0.29, 0.717) is 23.1 Å². The highest BCUT2D eigenvalue weighted by Gasteiger charge is 2.01. The van der Waals surface area contributed by atoms with Gasteiger partial charge in [-0.05, 0) is 29.6 Å². The maximum Gasteiger partial charge on any atom is 0.142 e. The van der Waals surface area contributed by atoms with Crippen molar-refractivity contribution >= 4 is 28.6 Å². The Morgan fingerprint density at radius 1 is 1.31 bits per heavy atom. The number of nitrogens with two attached hydrogens (primary N) is 1. The standard InChI is InChI=1S/C12H12ClNOS/c13-9-3-4-12(11(14)8-9)15-6-5-10-2-1-7-16-10/h1-4,7-8H,5-6,14H2. The van der Waals surface area contributed by atoms with Gasteiger partial charge in [-0.2, -0.15) is 0 Å². The highest BCUT2D eigenvalue weighted by Crippen LogP contribution is 2.25. The molecule has 0 aliphatic heterocycles. The van der Waals surface area contributed by atoms with Gasteiger partial charge >= 0.3 is 0 Å². The lowest BCUT2D eigenvalue weighted by molar-refractivity contribution is 0.324. The average Bonchev–Trinajstić information content (AvgIpc) is 2.74. The van der Waals surface area contributed by atoms with Crippen LogP contribution in [0.5, 0.6) is 5.75 Å². The molecule has 0 unspecified atom stereocenters. The highest BCUT2D eigenvalue weighted by molar-refractivity contribution is 7.09. The third-order valence-corrected chi connectivity index (χ3v) is 3.33. The van der Waals surface area contributed by atoms with E-state index in [2.05, 4.69) is 11.4 Å². The van der Waals surface area contributed by atoms with Gasteiger partial charge in [-0.25, -0.2) is 0 Å². The van der Waals surface area contributed by atoms with Crippen LogP contribution in [0.15, 0.2) is 35.7 Å². The zero-order valence-corrected chi connectivity index (χ0v) is 10.2. The van der Waals surface area contributed by atoms with E-state index in [1.807, 2.05) is 6.07 Å².